The smallest absolute Gasteiger partial charge is 0.451 e. The molecule has 1 heterocycles. The fourth-order valence-corrected chi connectivity index (χ4v) is 1.59. The molecule has 0 radical (unpaired) electrons. The first-order valence-corrected chi connectivity index (χ1v) is 5.99. The summed E-state index contributed by atoms with van der Waals surface area (Å²) in [5, 5.41) is 2.20. The molecule has 20 heavy (non-hydrogen) atoms. The Kier molecular flexibility index (Phi) is 5.15. The first-order chi connectivity index (χ1) is 9.15. The summed E-state index contributed by atoms with van der Waals surface area (Å²) in [6.07, 6.45) is -4.72. The lowest BCUT2D eigenvalue weighted by Crippen LogP contribution is -2.36. The lowest BCUT2D eigenvalue weighted by atomic mass is 10.0. The topological polar surface area (TPSA) is 64.1 Å². The third-order valence-electron chi connectivity index (χ3n) is 2.37. The summed E-state index contributed by atoms with van der Waals surface area (Å²) in [5.74, 6) is -2.39. The standard InChI is InChI=1S/C11H13ClF3N3O2/c1-5(2)8(9(19)20-3)17-7-4-6(12)16-10(18-7)11(13,14)15/h4-5,8H,1-3H3,(H,16,17,18). The number of methoxy groups -OCH3 is 1. The molecule has 1 rings (SSSR count). The molecule has 1 N–H and O–H groups in total. The van der Waals surface area contributed by atoms with Crippen molar-refractivity contribution in [1.29, 1.82) is 0 Å². The SMILES string of the molecule is COC(=O)C(Nc1cc(Cl)nc(C(F)(F)F)n1)C(C)C. The largest absolute Gasteiger partial charge is 0.467 e. The molecule has 0 aliphatic rings. The minimum absolute atomic E-state index is 0.193. The van der Waals surface area contributed by atoms with Crippen LogP contribution >= 0.6 is 11.6 Å². The predicted octanol–water partition coefficient (Wildman–Crippen LogP) is 2.76. The Morgan fingerprint density at radius 3 is 2.45 bits per heavy atom. The molecule has 0 aromatic carbocycles. The third-order valence-corrected chi connectivity index (χ3v) is 2.57. The molecule has 0 spiro atoms. The Balaban J connectivity index is 3.07. The zero-order chi connectivity index (χ0) is 15.5. The first kappa shape index (κ1) is 16.5. The summed E-state index contributed by atoms with van der Waals surface area (Å²) in [4.78, 5) is 17.9. The van der Waals surface area contributed by atoms with E-state index in [2.05, 4.69) is 20.0 Å². The molecule has 0 bridgehead atoms. The fraction of sp³-hybridized carbons (Fsp3) is 0.545. The van der Waals surface area contributed by atoms with Crippen molar-refractivity contribution in [2.45, 2.75) is 26.1 Å². The van der Waals surface area contributed by atoms with Crippen LogP contribution in [0.15, 0.2) is 6.07 Å². The van der Waals surface area contributed by atoms with E-state index in [1.807, 2.05) is 0 Å². The van der Waals surface area contributed by atoms with E-state index >= 15 is 0 Å². The van der Waals surface area contributed by atoms with Gasteiger partial charge >= 0.3 is 12.1 Å². The molecule has 0 saturated carbocycles. The minimum Gasteiger partial charge on any atom is -0.467 e. The number of aromatic nitrogens is 2. The summed E-state index contributed by atoms with van der Waals surface area (Å²) >= 11 is 5.53. The minimum atomic E-state index is -4.72. The van der Waals surface area contributed by atoms with Gasteiger partial charge in [0.05, 0.1) is 7.11 Å². The van der Waals surface area contributed by atoms with E-state index in [0.29, 0.717) is 0 Å². The van der Waals surface area contributed by atoms with Gasteiger partial charge in [0.1, 0.15) is 17.0 Å². The molecule has 1 unspecified atom stereocenters. The van der Waals surface area contributed by atoms with Crippen LogP contribution in [0.1, 0.15) is 19.7 Å². The van der Waals surface area contributed by atoms with Crippen LogP contribution in [-0.2, 0) is 15.7 Å². The highest BCUT2D eigenvalue weighted by atomic mass is 35.5. The van der Waals surface area contributed by atoms with Crippen molar-refractivity contribution in [2.24, 2.45) is 5.92 Å². The van der Waals surface area contributed by atoms with E-state index in [1.165, 1.54) is 7.11 Å². The highest BCUT2D eigenvalue weighted by Gasteiger charge is 2.35. The number of rotatable bonds is 4. The summed E-state index contributed by atoms with van der Waals surface area (Å²) in [7, 11) is 1.19. The number of halogens is 4. The van der Waals surface area contributed by atoms with E-state index in [0.717, 1.165) is 6.07 Å². The molecular formula is C11H13ClF3N3O2. The van der Waals surface area contributed by atoms with Crippen molar-refractivity contribution >= 4 is 23.4 Å². The van der Waals surface area contributed by atoms with Crippen LogP contribution in [0, 0.1) is 5.92 Å². The Labute approximate surface area is 118 Å². The normalized spacial score (nSPS) is 13.2. The molecule has 0 amide bonds. The van der Waals surface area contributed by atoms with Gasteiger partial charge in [-0.1, -0.05) is 25.4 Å². The number of nitrogens with one attached hydrogen (secondary N) is 1. The van der Waals surface area contributed by atoms with Gasteiger partial charge in [-0.15, -0.1) is 0 Å². The van der Waals surface area contributed by atoms with E-state index in [1.54, 1.807) is 13.8 Å². The van der Waals surface area contributed by atoms with Crippen LogP contribution in [-0.4, -0.2) is 29.1 Å². The van der Waals surface area contributed by atoms with Crippen molar-refractivity contribution < 1.29 is 22.7 Å². The van der Waals surface area contributed by atoms with E-state index in [4.69, 9.17) is 11.6 Å². The summed E-state index contributed by atoms with van der Waals surface area (Å²) in [6.45, 7) is 3.42. The zero-order valence-corrected chi connectivity index (χ0v) is 11.7. The first-order valence-electron chi connectivity index (χ1n) is 5.61. The van der Waals surface area contributed by atoms with Crippen molar-refractivity contribution in [2.75, 3.05) is 12.4 Å². The van der Waals surface area contributed by atoms with E-state index in [9.17, 15) is 18.0 Å². The van der Waals surface area contributed by atoms with Crippen LogP contribution in [0.5, 0.6) is 0 Å². The van der Waals surface area contributed by atoms with Crippen molar-refractivity contribution in [3.05, 3.63) is 17.0 Å². The molecule has 0 aliphatic heterocycles. The Morgan fingerprint density at radius 2 is 2.00 bits per heavy atom. The maximum atomic E-state index is 12.6. The molecule has 0 fully saturated rings. The Bertz CT molecular complexity index is 494. The molecule has 0 aliphatic carbocycles. The van der Waals surface area contributed by atoms with Gasteiger partial charge in [-0.2, -0.15) is 13.2 Å². The highest BCUT2D eigenvalue weighted by Crippen LogP contribution is 2.28. The molecule has 1 atom stereocenters. The number of ether oxygens (including phenoxy) is 1. The van der Waals surface area contributed by atoms with Gasteiger partial charge in [0, 0.05) is 6.07 Å². The van der Waals surface area contributed by atoms with Gasteiger partial charge in [-0.05, 0) is 5.92 Å². The van der Waals surface area contributed by atoms with Crippen molar-refractivity contribution in [3.8, 4) is 0 Å². The van der Waals surface area contributed by atoms with Crippen LogP contribution in [0.4, 0.5) is 19.0 Å². The van der Waals surface area contributed by atoms with Gasteiger partial charge in [0.25, 0.3) is 0 Å². The van der Waals surface area contributed by atoms with Gasteiger partial charge in [-0.25, -0.2) is 14.8 Å². The molecule has 1 aromatic rings. The van der Waals surface area contributed by atoms with Crippen molar-refractivity contribution in [3.63, 3.8) is 0 Å². The maximum absolute atomic E-state index is 12.6. The second-order valence-electron chi connectivity index (χ2n) is 4.29. The van der Waals surface area contributed by atoms with Crippen molar-refractivity contribution in [1.82, 2.24) is 9.97 Å². The lowest BCUT2D eigenvalue weighted by molar-refractivity contribution is -0.144. The van der Waals surface area contributed by atoms with Gasteiger partial charge in [0.2, 0.25) is 5.82 Å². The summed E-state index contributed by atoms with van der Waals surface area (Å²) < 4.78 is 42.3. The second kappa shape index (κ2) is 6.25. The third kappa shape index (κ3) is 4.22. The molecule has 5 nitrogen and oxygen atoms in total. The number of alkyl halides is 3. The van der Waals surface area contributed by atoms with Gasteiger partial charge in [-0.3, -0.25) is 0 Å². The fourth-order valence-electron chi connectivity index (χ4n) is 1.40. The average Bonchev–Trinajstić information content (AvgIpc) is 2.33. The molecule has 112 valence electrons. The quantitative estimate of drug-likeness (QED) is 0.684. The monoisotopic (exact) mass is 311 g/mol. The Morgan fingerprint density at radius 1 is 1.40 bits per heavy atom. The summed E-state index contributed by atoms with van der Waals surface area (Å²) in [6, 6.07) is 0.266. The predicted molar refractivity (Wildman–Crippen MR) is 66.3 cm³/mol. The Hall–Kier alpha value is -1.57. The molecule has 1 aromatic heterocycles. The zero-order valence-electron chi connectivity index (χ0n) is 11.0. The number of carbonyl (C=O) groups is 1. The molecular weight excluding hydrogens is 299 g/mol. The number of esters is 1. The van der Waals surface area contributed by atoms with E-state index < -0.39 is 24.0 Å². The number of hydrogen-bond acceptors (Lipinski definition) is 5. The van der Waals surface area contributed by atoms with Gasteiger partial charge < -0.3 is 10.1 Å². The average molecular weight is 312 g/mol. The van der Waals surface area contributed by atoms with E-state index in [-0.39, 0.29) is 16.9 Å². The second-order valence-corrected chi connectivity index (χ2v) is 4.67. The van der Waals surface area contributed by atoms with Gasteiger partial charge in [0.15, 0.2) is 0 Å². The number of anilines is 1. The molecule has 0 saturated heterocycles. The summed E-state index contributed by atoms with van der Waals surface area (Å²) in [5.41, 5.74) is 0. The molecule has 9 heteroatoms. The number of carbonyl (C=O) groups excluding carboxylic acids is 1. The van der Waals surface area contributed by atoms with Crippen LogP contribution in [0.3, 0.4) is 0 Å². The number of nitrogens with zero attached hydrogens (tertiary/aromatic N) is 2. The highest BCUT2D eigenvalue weighted by molar-refractivity contribution is 6.29. The van der Waals surface area contributed by atoms with Crippen LogP contribution in [0.25, 0.3) is 0 Å². The van der Waals surface area contributed by atoms with Crippen LogP contribution in [0.2, 0.25) is 5.15 Å². The van der Waals surface area contributed by atoms with Crippen LogP contribution < -0.4 is 5.32 Å². The lowest BCUT2D eigenvalue weighted by Gasteiger charge is -2.20. The maximum Gasteiger partial charge on any atom is 0.451 e. The number of hydrogen-bond donors (Lipinski definition) is 1.